The van der Waals surface area contributed by atoms with Crippen LogP contribution in [0.15, 0.2) is 46.9 Å². The number of nitrogens with one attached hydrogen (secondary N) is 1. The van der Waals surface area contributed by atoms with Gasteiger partial charge >= 0.3 is 5.97 Å². The van der Waals surface area contributed by atoms with E-state index in [-0.39, 0.29) is 18.6 Å². The van der Waals surface area contributed by atoms with E-state index < -0.39 is 0 Å². The van der Waals surface area contributed by atoms with Gasteiger partial charge in [0.25, 0.3) is 0 Å². The topological polar surface area (TPSA) is 58.6 Å². The quantitative estimate of drug-likeness (QED) is 0.728. The largest absolute Gasteiger partial charge is 0.465 e. The SMILES string of the molecule is COC(=O)c1ccc(CN[C@H](CO)c2ccc(Cl)cc2)c(Br)c1. The lowest BCUT2D eigenvalue weighted by molar-refractivity contribution is 0.0600. The highest BCUT2D eigenvalue weighted by molar-refractivity contribution is 9.10. The second-order valence-corrected chi connectivity index (χ2v) is 6.26. The van der Waals surface area contributed by atoms with Crippen molar-refractivity contribution in [1.82, 2.24) is 5.32 Å². The van der Waals surface area contributed by atoms with Crippen molar-refractivity contribution in [3.63, 3.8) is 0 Å². The lowest BCUT2D eigenvalue weighted by atomic mass is 10.1. The first-order valence-electron chi connectivity index (χ1n) is 7.01. The van der Waals surface area contributed by atoms with Gasteiger partial charge in [0.15, 0.2) is 0 Å². The van der Waals surface area contributed by atoms with Gasteiger partial charge in [-0.1, -0.05) is 45.7 Å². The average Bonchev–Trinajstić information content (AvgIpc) is 2.57. The van der Waals surface area contributed by atoms with Crippen LogP contribution in [0.1, 0.15) is 27.5 Å². The van der Waals surface area contributed by atoms with Gasteiger partial charge in [-0.05, 0) is 35.4 Å². The molecule has 0 aliphatic rings. The highest BCUT2D eigenvalue weighted by Gasteiger charge is 2.12. The number of halogens is 2. The Bertz CT molecular complexity index is 676. The summed E-state index contributed by atoms with van der Waals surface area (Å²) in [5.41, 5.74) is 2.42. The molecule has 2 aromatic carbocycles. The zero-order valence-electron chi connectivity index (χ0n) is 12.6. The minimum atomic E-state index is -0.375. The summed E-state index contributed by atoms with van der Waals surface area (Å²) in [4.78, 5) is 11.5. The van der Waals surface area contributed by atoms with Gasteiger partial charge in [0, 0.05) is 16.0 Å². The van der Waals surface area contributed by atoms with Crippen molar-refractivity contribution >= 4 is 33.5 Å². The molecule has 0 saturated heterocycles. The van der Waals surface area contributed by atoms with Crippen molar-refractivity contribution in [2.45, 2.75) is 12.6 Å². The average molecular weight is 399 g/mol. The van der Waals surface area contributed by atoms with Crippen molar-refractivity contribution in [1.29, 1.82) is 0 Å². The number of aliphatic hydroxyl groups excluding tert-OH is 1. The van der Waals surface area contributed by atoms with Crippen LogP contribution >= 0.6 is 27.5 Å². The number of methoxy groups -OCH3 is 1. The summed E-state index contributed by atoms with van der Waals surface area (Å²) in [6, 6.07) is 12.4. The number of carbonyl (C=O) groups excluding carboxylic acids is 1. The molecule has 2 aromatic rings. The van der Waals surface area contributed by atoms with E-state index in [1.54, 1.807) is 24.3 Å². The van der Waals surface area contributed by atoms with Gasteiger partial charge in [-0.3, -0.25) is 0 Å². The summed E-state index contributed by atoms with van der Waals surface area (Å²) in [7, 11) is 1.35. The van der Waals surface area contributed by atoms with E-state index in [4.69, 9.17) is 16.3 Å². The van der Waals surface area contributed by atoms with Crippen molar-refractivity contribution in [2.75, 3.05) is 13.7 Å². The van der Waals surface area contributed by atoms with Crippen LogP contribution in [-0.2, 0) is 11.3 Å². The van der Waals surface area contributed by atoms with Gasteiger partial charge in [0.1, 0.15) is 0 Å². The fraction of sp³-hybridized carbons (Fsp3) is 0.235. The van der Waals surface area contributed by atoms with E-state index >= 15 is 0 Å². The fourth-order valence-corrected chi connectivity index (χ4v) is 2.80. The lowest BCUT2D eigenvalue weighted by Gasteiger charge is -2.17. The standard InChI is InChI=1S/C17H17BrClNO3/c1-23-17(22)12-2-3-13(15(18)8-12)9-20-16(10-21)11-4-6-14(19)7-5-11/h2-8,16,20-21H,9-10H2,1H3/t16-/m1/s1. The number of aliphatic hydroxyl groups is 1. The maximum Gasteiger partial charge on any atom is 0.337 e. The van der Waals surface area contributed by atoms with E-state index in [1.807, 2.05) is 18.2 Å². The number of rotatable bonds is 6. The predicted octanol–water partition coefficient (Wildman–Crippen LogP) is 3.71. The molecule has 23 heavy (non-hydrogen) atoms. The molecule has 0 bridgehead atoms. The number of hydrogen-bond donors (Lipinski definition) is 2. The highest BCUT2D eigenvalue weighted by atomic mass is 79.9. The maximum atomic E-state index is 11.5. The van der Waals surface area contributed by atoms with Crippen molar-refractivity contribution in [2.24, 2.45) is 0 Å². The van der Waals surface area contributed by atoms with E-state index in [9.17, 15) is 9.90 Å². The molecule has 4 nitrogen and oxygen atoms in total. The number of hydrogen-bond acceptors (Lipinski definition) is 4. The third-order valence-corrected chi connectivity index (χ3v) is 4.46. The number of esters is 1. The minimum absolute atomic E-state index is 0.0283. The molecule has 0 radical (unpaired) electrons. The summed E-state index contributed by atoms with van der Waals surface area (Å²) < 4.78 is 5.50. The second kappa shape index (κ2) is 8.45. The monoisotopic (exact) mass is 397 g/mol. The normalized spacial score (nSPS) is 12.0. The molecule has 1 atom stereocenters. The van der Waals surface area contributed by atoms with Gasteiger partial charge in [-0.15, -0.1) is 0 Å². The van der Waals surface area contributed by atoms with Gasteiger partial charge in [0.05, 0.1) is 25.3 Å². The van der Waals surface area contributed by atoms with Crippen LogP contribution < -0.4 is 5.32 Å². The molecule has 0 saturated carbocycles. The molecule has 0 spiro atoms. The molecule has 2 rings (SSSR count). The summed E-state index contributed by atoms with van der Waals surface area (Å²) >= 11 is 9.33. The molecule has 0 heterocycles. The number of carbonyl (C=O) groups is 1. The number of benzene rings is 2. The van der Waals surface area contributed by atoms with Gasteiger partial charge in [0.2, 0.25) is 0 Å². The Hall–Kier alpha value is -1.40. The lowest BCUT2D eigenvalue weighted by Crippen LogP contribution is -2.24. The van der Waals surface area contributed by atoms with Crippen molar-refractivity contribution < 1.29 is 14.6 Å². The molecule has 0 amide bonds. The first-order valence-corrected chi connectivity index (χ1v) is 8.18. The van der Waals surface area contributed by atoms with E-state index in [2.05, 4.69) is 21.2 Å². The van der Waals surface area contributed by atoms with Crippen LogP contribution in [0.25, 0.3) is 0 Å². The molecular weight excluding hydrogens is 382 g/mol. The van der Waals surface area contributed by atoms with Crippen molar-refractivity contribution in [3.8, 4) is 0 Å². The van der Waals surface area contributed by atoms with Crippen LogP contribution in [0.3, 0.4) is 0 Å². The third-order valence-electron chi connectivity index (χ3n) is 3.47. The molecule has 0 fully saturated rings. The third kappa shape index (κ3) is 4.78. The van der Waals surface area contributed by atoms with Gasteiger partial charge in [-0.2, -0.15) is 0 Å². The Morgan fingerprint density at radius 3 is 2.57 bits per heavy atom. The predicted molar refractivity (Wildman–Crippen MR) is 93.6 cm³/mol. The Morgan fingerprint density at radius 1 is 1.30 bits per heavy atom. The molecule has 0 aliphatic heterocycles. The highest BCUT2D eigenvalue weighted by Crippen LogP contribution is 2.21. The van der Waals surface area contributed by atoms with Crippen LogP contribution in [0.5, 0.6) is 0 Å². The summed E-state index contributed by atoms with van der Waals surface area (Å²) in [5, 5.41) is 13.5. The maximum absolute atomic E-state index is 11.5. The van der Waals surface area contributed by atoms with E-state index in [1.165, 1.54) is 7.11 Å². The van der Waals surface area contributed by atoms with E-state index in [0.717, 1.165) is 15.6 Å². The second-order valence-electron chi connectivity index (χ2n) is 4.97. The zero-order valence-corrected chi connectivity index (χ0v) is 14.9. The summed E-state index contributed by atoms with van der Waals surface area (Å²) in [5.74, 6) is -0.375. The minimum Gasteiger partial charge on any atom is -0.465 e. The Labute approximate surface area is 148 Å². The van der Waals surface area contributed by atoms with Gasteiger partial charge in [-0.25, -0.2) is 4.79 Å². The Balaban J connectivity index is 2.06. The smallest absolute Gasteiger partial charge is 0.337 e. The summed E-state index contributed by atoms with van der Waals surface area (Å²) in [6.45, 7) is 0.509. The molecule has 122 valence electrons. The molecule has 2 N–H and O–H groups in total. The fourth-order valence-electron chi connectivity index (χ4n) is 2.15. The Morgan fingerprint density at radius 2 is 2.00 bits per heavy atom. The molecule has 6 heteroatoms. The molecule has 0 unspecified atom stereocenters. The van der Waals surface area contributed by atoms with Crippen LogP contribution in [0.4, 0.5) is 0 Å². The first-order chi connectivity index (χ1) is 11.0. The molecule has 0 aromatic heterocycles. The summed E-state index contributed by atoms with van der Waals surface area (Å²) in [6.07, 6.45) is 0. The van der Waals surface area contributed by atoms with Crippen molar-refractivity contribution in [3.05, 3.63) is 68.7 Å². The molecular formula is C17H17BrClNO3. The van der Waals surface area contributed by atoms with Gasteiger partial charge < -0.3 is 15.2 Å². The first kappa shape index (κ1) is 17.9. The van der Waals surface area contributed by atoms with Crippen LogP contribution in [0, 0.1) is 0 Å². The molecule has 0 aliphatic carbocycles. The zero-order chi connectivity index (χ0) is 16.8. The number of ether oxygens (including phenoxy) is 1. The Kier molecular flexibility index (Phi) is 6.59. The van der Waals surface area contributed by atoms with E-state index in [0.29, 0.717) is 17.1 Å². The van der Waals surface area contributed by atoms with Crippen LogP contribution in [-0.4, -0.2) is 24.8 Å². The van der Waals surface area contributed by atoms with Crippen LogP contribution in [0.2, 0.25) is 5.02 Å².